The second kappa shape index (κ2) is 10.3. The summed E-state index contributed by atoms with van der Waals surface area (Å²) in [6.07, 6.45) is 8.45. The summed E-state index contributed by atoms with van der Waals surface area (Å²) in [5.41, 5.74) is 12.2. The molecule has 1 aromatic carbocycles. The first-order valence-corrected chi connectivity index (χ1v) is 13.0. The fourth-order valence-electron chi connectivity index (χ4n) is 5.27. The maximum Gasteiger partial charge on any atom is 0.553 e. The number of nitrogens with one attached hydrogen (secondary N) is 2. The molecule has 1 fully saturated rings. The van der Waals surface area contributed by atoms with Gasteiger partial charge in [-0.25, -0.2) is 0 Å². The van der Waals surface area contributed by atoms with Crippen molar-refractivity contribution in [1.82, 2.24) is 9.29 Å². The van der Waals surface area contributed by atoms with Crippen LogP contribution in [0.25, 0.3) is 5.57 Å². The Morgan fingerprint density at radius 3 is 2.57 bits per heavy atom. The van der Waals surface area contributed by atoms with Gasteiger partial charge >= 0.3 is 7.55 Å². The Kier molecular flexibility index (Phi) is 6.97. The molecule has 3 aliphatic heterocycles. The highest BCUT2D eigenvalue weighted by Crippen LogP contribution is 2.38. The lowest BCUT2D eigenvalue weighted by molar-refractivity contribution is -0.568. The van der Waals surface area contributed by atoms with Crippen LogP contribution < -0.4 is 16.4 Å². The molecule has 2 aromatic rings. The number of rotatable bonds is 6. The van der Waals surface area contributed by atoms with E-state index in [9.17, 15) is 4.79 Å². The van der Waals surface area contributed by atoms with Crippen molar-refractivity contribution in [2.45, 2.75) is 52.7 Å². The number of nitrogens with zero attached hydrogens (tertiary/aromatic N) is 3. The van der Waals surface area contributed by atoms with Crippen LogP contribution >= 0.6 is 0 Å². The van der Waals surface area contributed by atoms with Crippen LogP contribution in [0.3, 0.4) is 0 Å². The van der Waals surface area contributed by atoms with Gasteiger partial charge in [0.15, 0.2) is 0 Å². The smallest absolute Gasteiger partial charge is 0.401 e. The lowest BCUT2D eigenvalue weighted by Gasteiger charge is -2.30. The van der Waals surface area contributed by atoms with Crippen molar-refractivity contribution in [3.05, 3.63) is 77.4 Å². The molecule has 1 aromatic heterocycles. The fraction of sp³-hybridized carbons (Fsp3) is 0.357. The summed E-state index contributed by atoms with van der Waals surface area (Å²) in [4.78, 5) is 13.8. The Bertz CT molecular complexity index is 1310. The van der Waals surface area contributed by atoms with Crippen LogP contribution in [-0.2, 0) is 9.53 Å². The summed E-state index contributed by atoms with van der Waals surface area (Å²) in [6, 6.07) is 12.2. The first kappa shape index (κ1) is 25.0. The predicted octanol–water partition coefficient (Wildman–Crippen LogP) is 3.70. The summed E-state index contributed by atoms with van der Waals surface area (Å²) in [5.74, 6) is 1.99. The van der Waals surface area contributed by atoms with E-state index in [1.165, 1.54) is 6.92 Å². The highest BCUT2D eigenvalue weighted by Gasteiger charge is 2.41. The second-order valence-corrected chi connectivity index (χ2v) is 9.95. The zero-order valence-electron chi connectivity index (χ0n) is 22.0. The van der Waals surface area contributed by atoms with E-state index in [0.29, 0.717) is 0 Å². The Labute approximate surface area is 219 Å². The molecular weight excluding hydrogens is 463 g/mol. The third-order valence-corrected chi connectivity index (χ3v) is 6.74. The van der Waals surface area contributed by atoms with E-state index in [4.69, 9.17) is 10.5 Å². The van der Waals surface area contributed by atoms with Crippen molar-refractivity contribution in [2.24, 2.45) is 5.73 Å². The molecule has 191 valence electrons. The van der Waals surface area contributed by atoms with Gasteiger partial charge in [0, 0.05) is 41.9 Å². The van der Waals surface area contributed by atoms with E-state index in [1.807, 2.05) is 18.3 Å². The molecule has 4 heterocycles. The summed E-state index contributed by atoms with van der Waals surface area (Å²) in [7, 11) is 2.14. The quantitative estimate of drug-likeness (QED) is 0.418. The zero-order chi connectivity index (χ0) is 26.1. The standard InChI is InChI=1S/C28H34BN6O2/c1-5-6-22(30)15-31-26-13-11-24-28(21-7-9-23(10-8-21)32-20(4)36)25-12-14-27(35(25)29-34(24)26)33-16-18(2)37-19(3)17-33/h7-15,18-19H,5-6,16-17,30H2,1-4H3,(H,31,32,36)/p+1. The second-order valence-electron chi connectivity index (χ2n) is 9.95. The monoisotopic (exact) mass is 498 g/mol. The van der Waals surface area contributed by atoms with Crippen LogP contribution in [0.1, 0.15) is 51.8 Å². The van der Waals surface area contributed by atoms with Crippen LogP contribution in [0.4, 0.5) is 11.5 Å². The Morgan fingerprint density at radius 2 is 1.89 bits per heavy atom. The van der Waals surface area contributed by atoms with Gasteiger partial charge in [0.05, 0.1) is 12.2 Å². The predicted molar refractivity (Wildman–Crippen MR) is 149 cm³/mol. The molecule has 0 spiro atoms. The average Bonchev–Trinajstić information content (AvgIpc) is 3.45. The van der Waals surface area contributed by atoms with E-state index >= 15 is 0 Å². The minimum absolute atomic E-state index is 0.0832. The molecule has 4 N–H and O–H groups in total. The first-order chi connectivity index (χ1) is 17.8. The molecule has 8 nitrogen and oxygen atoms in total. The third-order valence-electron chi connectivity index (χ3n) is 6.74. The molecule has 1 amide bonds. The molecule has 37 heavy (non-hydrogen) atoms. The molecule has 5 rings (SSSR count). The zero-order valence-corrected chi connectivity index (χ0v) is 22.0. The van der Waals surface area contributed by atoms with E-state index in [2.05, 4.69) is 89.2 Å². The van der Waals surface area contributed by atoms with Crippen molar-refractivity contribution in [1.29, 1.82) is 0 Å². The topological polar surface area (TPSA) is 87.6 Å². The maximum absolute atomic E-state index is 11.5. The molecule has 0 saturated carbocycles. The van der Waals surface area contributed by atoms with Gasteiger partial charge in [-0.3, -0.25) is 14.2 Å². The molecule has 2 unspecified atom stereocenters. The molecular formula is C28H35BN6O2+. The number of carbonyl (C=O) groups is 1. The van der Waals surface area contributed by atoms with Gasteiger partial charge in [-0.05, 0) is 56.2 Å². The Hall–Kier alpha value is -3.72. The van der Waals surface area contributed by atoms with Gasteiger partial charge in [0.25, 0.3) is 5.84 Å². The number of aromatic nitrogens is 1. The summed E-state index contributed by atoms with van der Waals surface area (Å²) < 4.78 is 10.6. The van der Waals surface area contributed by atoms with Gasteiger partial charge in [-0.15, -0.1) is 0 Å². The number of nitrogens with two attached hydrogens (primary N) is 1. The number of anilines is 2. The number of ether oxygens (including phenoxy) is 1. The Balaban J connectivity index is 1.58. The molecule has 0 aliphatic carbocycles. The normalized spacial score (nSPS) is 21.1. The molecule has 0 bridgehead atoms. The van der Waals surface area contributed by atoms with Gasteiger partial charge in [-0.2, -0.15) is 0 Å². The highest BCUT2D eigenvalue weighted by molar-refractivity contribution is 6.41. The van der Waals surface area contributed by atoms with Gasteiger partial charge in [-0.1, -0.05) is 25.5 Å². The van der Waals surface area contributed by atoms with E-state index in [1.54, 1.807) is 0 Å². The first-order valence-electron chi connectivity index (χ1n) is 13.0. The summed E-state index contributed by atoms with van der Waals surface area (Å²) in [5, 5.41) is 6.27. The lowest BCUT2D eigenvalue weighted by atomic mass is 9.91. The van der Waals surface area contributed by atoms with Crippen LogP contribution in [0.2, 0.25) is 0 Å². The SMILES string of the molecule is CCCC(N)=CNc1ccc2n1[B]N1C(=C2c2ccc(NC(C)=O)cc2)C=CC1=[N+]1CC(C)OC(C)C1. The van der Waals surface area contributed by atoms with Crippen LogP contribution in [0, 0.1) is 0 Å². The minimum atomic E-state index is -0.0832. The van der Waals surface area contributed by atoms with Crippen molar-refractivity contribution >= 4 is 36.4 Å². The van der Waals surface area contributed by atoms with E-state index < -0.39 is 0 Å². The number of amidine groups is 1. The highest BCUT2D eigenvalue weighted by atomic mass is 16.5. The number of allylic oxidation sites excluding steroid dienone is 2. The average molecular weight is 498 g/mol. The number of fused-ring (bicyclic) bond motifs is 2. The maximum atomic E-state index is 11.5. The van der Waals surface area contributed by atoms with E-state index in [0.717, 1.165) is 71.5 Å². The van der Waals surface area contributed by atoms with Gasteiger partial charge in [0.2, 0.25) is 5.91 Å². The number of amides is 1. The van der Waals surface area contributed by atoms with Gasteiger partial charge < -0.3 is 25.6 Å². The summed E-state index contributed by atoms with van der Waals surface area (Å²) >= 11 is 0. The molecule has 1 saturated heterocycles. The number of hydrogen-bond donors (Lipinski definition) is 3. The van der Waals surface area contributed by atoms with Crippen LogP contribution in [0.5, 0.6) is 0 Å². The molecule has 2 atom stereocenters. The number of morpholine rings is 1. The van der Waals surface area contributed by atoms with Crippen molar-refractivity contribution in [3.63, 3.8) is 0 Å². The number of hydrogen-bond acceptors (Lipinski definition) is 4. The molecule has 3 aliphatic rings. The van der Waals surface area contributed by atoms with Crippen molar-refractivity contribution in [2.75, 3.05) is 23.7 Å². The molecule has 1 radical (unpaired) electrons. The summed E-state index contributed by atoms with van der Waals surface area (Å²) in [6.45, 7) is 9.56. The van der Waals surface area contributed by atoms with Crippen LogP contribution in [0.15, 0.2) is 66.1 Å². The van der Waals surface area contributed by atoms with Crippen LogP contribution in [-0.4, -0.2) is 58.5 Å². The number of carbonyl (C=O) groups excluding carboxylic acids is 1. The fourth-order valence-corrected chi connectivity index (χ4v) is 5.27. The minimum Gasteiger partial charge on any atom is -0.401 e. The van der Waals surface area contributed by atoms with Crippen molar-refractivity contribution < 1.29 is 14.1 Å². The Morgan fingerprint density at radius 1 is 1.16 bits per heavy atom. The lowest BCUT2D eigenvalue weighted by Crippen LogP contribution is -2.48. The third kappa shape index (κ3) is 5.09. The van der Waals surface area contributed by atoms with Crippen molar-refractivity contribution in [3.8, 4) is 0 Å². The molecule has 9 heteroatoms. The number of benzene rings is 1. The van der Waals surface area contributed by atoms with E-state index in [-0.39, 0.29) is 18.1 Å². The largest absolute Gasteiger partial charge is 0.553 e. The van der Waals surface area contributed by atoms with Gasteiger partial charge in [0.1, 0.15) is 24.6 Å².